The Kier molecular flexibility index (Phi) is 3.64. The molecule has 0 bridgehead atoms. The van der Waals surface area contributed by atoms with Crippen molar-refractivity contribution in [2.75, 3.05) is 6.61 Å². The van der Waals surface area contributed by atoms with Gasteiger partial charge >= 0.3 is 0 Å². The molecule has 0 aliphatic heterocycles. The number of aliphatic hydroxyl groups excluding tert-OH is 1. The molecule has 1 amide bonds. The van der Waals surface area contributed by atoms with E-state index in [1.165, 1.54) is 6.92 Å². The molecule has 0 saturated heterocycles. The minimum atomic E-state index is -0.0562. The Bertz CT molecular complexity index is 320. The number of nitrogens with zero attached hydrogens (tertiary/aromatic N) is 2. The molecule has 0 aliphatic carbocycles. The van der Waals surface area contributed by atoms with Gasteiger partial charge in [-0.2, -0.15) is 5.10 Å². The van der Waals surface area contributed by atoms with Crippen LogP contribution >= 0.6 is 0 Å². The van der Waals surface area contributed by atoms with Gasteiger partial charge in [-0.25, -0.2) is 0 Å². The van der Waals surface area contributed by atoms with Crippen LogP contribution in [0.25, 0.3) is 0 Å². The summed E-state index contributed by atoms with van der Waals surface area (Å²) < 4.78 is 1.67. The molecule has 0 aromatic carbocycles. The summed E-state index contributed by atoms with van der Waals surface area (Å²) in [4.78, 5) is 10.7. The normalized spacial score (nSPS) is 10.2. The third-order valence-corrected chi connectivity index (χ3v) is 1.90. The van der Waals surface area contributed by atoms with Gasteiger partial charge in [-0.3, -0.25) is 9.48 Å². The third-order valence-electron chi connectivity index (χ3n) is 1.90. The van der Waals surface area contributed by atoms with Crippen LogP contribution in [-0.2, 0) is 17.9 Å². The molecule has 78 valence electrons. The largest absolute Gasteiger partial charge is 0.394 e. The number of aryl methyl sites for hydroxylation is 1. The number of hydrogen-bond acceptors (Lipinski definition) is 3. The number of hydrogen-bond donors (Lipinski definition) is 2. The van der Waals surface area contributed by atoms with E-state index in [9.17, 15) is 4.79 Å². The molecular weight excluding hydrogens is 182 g/mol. The molecule has 14 heavy (non-hydrogen) atoms. The average Bonchev–Trinajstić information content (AvgIpc) is 2.44. The minimum absolute atomic E-state index is 0.0562. The number of aromatic nitrogens is 2. The SMILES string of the molecule is CC(=O)NCc1cn(CCO)nc1C. The van der Waals surface area contributed by atoms with Gasteiger partial charge < -0.3 is 10.4 Å². The zero-order valence-electron chi connectivity index (χ0n) is 8.45. The highest BCUT2D eigenvalue weighted by Gasteiger charge is 2.04. The van der Waals surface area contributed by atoms with Crippen molar-refractivity contribution in [2.45, 2.75) is 26.9 Å². The van der Waals surface area contributed by atoms with Crippen LogP contribution < -0.4 is 5.32 Å². The molecule has 1 aromatic rings. The van der Waals surface area contributed by atoms with Gasteiger partial charge in [-0.1, -0.05) is 0 Å². The highest BCUT2D eigenvalue weighted by molar-refractivity contribution is 5.72. The maximum atomic E-state index is 10.7. The maximum absolute atomic E-state index is 10.7. The van der Waals surface area contributed by atoms with Crippen LogP contribution in [0.4, 0.5) is 0 Å². The lowest BCUT2D eigenvalue weighted by Gasteiger charge is -1.98. The van der Waals surface area contributed by atoms with Crippen molar-refractivity contribution in [1.82, 2.24) is 15.1 Å². The van der Waals surface area contributed by atoms with Gasteiger partial charge in [0.25, 0.3) is 0 Å². The summed E-state index contributed by atoms with van der Waals surface area (Å²) in [6, 6.07) is 0. The fourth-order valence-electron chi connectivity index (χ4n) is 1.17. The molecule has 2 N–H and O–H groups in total. The Balaban J connectivity index is 2.62. The summed E-state index contributed by atoms with van der Waals surface area (Å²) in [5.74, 6) is -0.0562. The summed E-state index contributed by atoms with van der Waals surface area (Å²) in [5.41, 5.74) is 1.86. The average molecular weight is 197 g/mol. The van der Waals surface area contributed by atoms with Gasteiger partial charge in [-0.15, -0.1) is 0 Å². The number of aliphatic hydroxyl groups is 1. The molecular formula is C9H15N3O2. The van der Waals surface area contributed by atoms with E-state index in [1.54, 1.807) is 4.68 Å². The lowest BCUT2D eigenvalue weighted by atomic mass is 10.2. The summed E-state index contributed by atoms with van der Waals surface area (Å²) in [6.45, 7) is 4.41. The number of rotatable bonds is 4. The fourth-order valence-corrected chi connectivity index (χ4v) is 1.17. The Morgan fingerprint density at radius 2 is 2.43 bits per heavy atom. The molecule has 0 unspecified atom stereocenters. The van der Waals surface area contributed by atoms with E-state index < -0.39 is 0 Å². The van der Waals surface area contributed by atoms with E-state index in [0.717, 1.165) is 11.3 Å². The molecule has 0 fully saturated rings. The van der Waals surface area contributed by atoms with Gasteiger partial charge in [0.2, 0.25) is 5.91 Å². The molecule has 0 atom stereocenters. The van der Waals surface area contributed by atoms with Gasteiger partial charge in [-0.05, 0) is 6.92 Å². The van der Waals surface area contributed by atoms with Crippen molar-refractivity contribution in [3.63, 3.8) is 0 Å². The summed E-state index contributed by atoms with van der Waals surface area (Å²) >= 11 is 0. The van der Waals surface area contributed by atoms with Gasteiger partial charge in [0, 0.05) is 25.2 Å². The fraction of sp³-hybridized carbons (Fsp3) is 0.556. The van der Waals surface area contributed by atoms with E-state index in [-0.39, 0.29) is 12.5 Å². The Hall–Kier alpha value is -1.36. The van der Waals surface area contributed by atoms with E-state index in [4.69, 9.17) is 5.11 Å². The number of carbonyl (C=O) groups excluding carboxylic acids is 1. The molecule has 0 radical (unpaired) electrons. The first kappa shape index (κ1) is 10.7. The van der Waals surface area contributed by atoms with Gasteiger partial charge in [0.1, 0.15) is 0 Å². The van der Waals surface area contributed by atoms with Crippen LogP contribution in [0, 0.1) is 6.92 Å². The van der Waals surface area contributed by atoms with Crippen molar-refractivity contribution in [1.29, 1.82) is 0 Å². The third kappa shape index (κ3) is 2.85. The van der Waals surface area contributed by atoms with Crippen molar-refractivity contribution < 1.29 is 9.90 Å². The van der Waals surface area contributed by atoms with E-state index in [0.29, 0.717) is 13.1 Å². The van der Waals surface area contributed by atoms with Crippen LogP contribution in [-0.4, -0.2) is 27.4 Å². The Morgan fingerprint density at radius 1 is 1.71 bits per heavy atom. The van der Waals surface area contributed by atoms with E-state index in [2.05, 4.69) is 10.4 Å². The quantitative estimate of drug-likeness (QED) is 0.703. The Labute approximate surface area is 82.7 Å². The zero-order chi connectivity index (χ0) is 10.6. The van der Waals surface area contributed by atoms with Crippen LogP contribution in [0.15, 0.2) is 6.20 Å². The van der Waals surface area contributed by atoms with Crippen LogP contribution in [0.2, 0.25) is 0 Å². The summed E-state index contributed by atoms with van der Waals surface area (Å²) in [7, 11) is 0. The predicted octanol–water partition coefficient (Wildman–Crippen LogP) is -0.180. The topological polar surface area (TPSA) is 67.2 Å². The lowest BCUT2D eigenvalue weighted by Crippen LogP contribution is -2.19. The second kappa shape index (κ2) is 4.76. The number of carbonyl (C=O) groups is 1. The van der Waals surface area contributed by atoms with Crippen molar-refractivity contribution in [3.05, 3.63) is 17.5 Å². The van der Waals surface area contributed by atoms with Crippen molar-refractivity contribution in [3.8, 4) is 0 Å². The zero-order valence-corrected chi connectivity index (χ0v) is 8.45. The molecule has 0 aliphatic rings. The highest BCUT2D eigenvalue weighted by atomic mass is 16.3. The van der Waals surface area contributed by atoms with Crippen molar-refractivity contribution in [2.24, 2.45) is 0 Å². The van der Waals surface area contributed by atoms with Gasteiger partial charge in [0.05, 0.1) is 18.8 Å². The Morgan fingerprint density at radius 3 is 3.00 bits per heavy atom. The van der Waals surface area contributed by atoms with Crippen molar-refractivity contribution >= 4 is 5.91 Å². The molecule has 1 rings (SSSR count). The number of nitrogens with one attached hydrogen (secondary N) is 1. The second-order valence-corrected chi connectivity index (χ2v) is 3.14. The molecule has 0 spiro atoms. The molecule has 5 heteroatoms. The van der Waals surface area contributed by atoms with Crippen LogP contribution in [0.3, 0.4) is 0 Å². The van der Waals surface area contributed by atoms with Crippen LogP contribution in [0.5, 0.6) is 0 Å². The highest BCUT2D eigenvalue weighted by Crippen LogP contribution is 2.04. The smallest absolute Gasteiger partial charge is 0.217 e. The van der Waals surface area contributed by atoms with Gasteiger partial charge in [0.15, 0.2) is 0 Å². The molecule has 5 nitrogen and oxygen atoms in total. The monoisotopic (exact) mass is 197 g/mol. The molecule has 1 heterocycles. The first-order valence-electron chi connectivity index (χ1n) is 4.51. The standard InChI is InChI=1S/C9H15N3O2/c1-7-9(5-10-8(2)14)6-12(11-7)3-4-13/h6,13H,3-5H2,1-2H3,(H,10,14). The van der Waals surface area contributed by atoms with E-state index >= 15 is 0 Å². The first-order valence-corrected chi connectivity index (χ1v) is 4.51. The van der Waals surface area contributed by atoms with E-state index in [1.807, 2.05) is 13.1 Å². The first-order chi connectivity index (χ1) is 6.63. The minimum Gasteiger partial charge on any atom is -0.394 e. The maximum Gasteiger partial charge on any atom is 0.217 e. The predicted molar refractivity (Wildman–Crippen MR) is 51.6 cm³/mol. The molecule has 1 aromatic heterocycles. The summed E-state index contributed by atoms with van der Waals surface area (Å²) in [5, 5.41) is 15.6. The lowest BCUT2D eigenvalue weighted by molar-refractivity contribution is -0.119. The van der Waals surface area contributed by atoms with Crippen LogP contribution in [0.1, 0.15) is 18.2 Å². The summed E-state index contributed by atoms with van der Waals surface area (Å²) in [6.07, 6.45) is 1.83. The molecule has 0 saturated carbocycles. The number of amides is 1. The second-order valence-electron chi connectivity index (χ2n) is 3.14.